The summed E-state index contributed by atoms with van der Waals surface area (Å²) in [5.74, 6) is 0.560. The molecule has 26 heavy (non-hydrogen) atoms. The van der Waals surface area contributed by atoms with Crippen LogP contribution in [0.2, 0.25) is 0 Å². The van der Waals surface area contributed by atoms with Gasteiger partial charge in [0.2, 0.25) is 15.9 Å². The number of carbonyl (C=O) groups excluding carboxylic acids is 1. The molecule has 1 amide bonds. The fourth-order valence-corrected chi connectivity index (χ4v) is 4.07. The van der Waals surface area contributed by atoms with Crippen LogP contribution in [0.25, 0.3) is 0 Å². The molecule has 1 fully saturated rings. The lowest BCUT2D eigenvalue weighted by Gasteiger charge is -2.29. The van der Waals surface area contributed by atoms with E-state index in [4.69, 9.17) is 0 Å². The van der Waals surface area contributed by atoms with Gasteiger partial charge in [0.15, 0.2) is 0 Å². The molecule has 1 saturated carbocycles. The van der Waals surface area contributed by atoms with Gasteiger partial charge in [-0.2, -0.15) is 0 Å². The predicted octanol–water partition coefficient (Wildman–Crippen LogP) is 2.97. The first kappa shape index (κ1) is 20.7. The Morgan fingerprint density at radius 1 is 1.15 bits per heavy atom. The van der Waals surface area contributed by atoms with Gasteiger partial charge in [0.1, 0.15) is 0 Å². The molecule has 7 heteroatoms. The zero-order valence-corrected chi connectivity index (χ0v) is 17.0. The first-order chi connectivity index (χ1) is 12.2. The Hall–Kier alpha value is -1.60. The molecule has 1 aromatic rings. The molecule has 1 aliphatic carbocycles. The highest BCUT2D eigenvalue weighted by molar-refractivity contribution is 7.90. The van der Waals surface area contributed by atoms with Gasteiger partial charge < -0.3 is 10.2 Å². The lowest BCUT2D eigenvalue weighted by molar-refractivity contribution is -0.116. The van der Waals surface area contributed by atoms with Crippen molar-refractivity contribution in [2.75, 3.05) is 23.8 Å². The van der Waals surface area contributed by atoms with E-state index < -0.39 is 10.0 Å². The Morgan fingerprint density at radius 3 is 2.23 bits per heavy atom. The van der Waals surface area contributed by atoms with Gasteiger partial charge in [-0.3, -0.25) is 4.79 Å². The molecule has 0 atom stereocenters. The molecular weight excluding hydrogens is 350 g/mol. The summed E-state index contributed by atoms with van der Waals surface area (Å²) in [5, 5.41) is 3.07. The van der Waals surface area contributed by atoms with E-state index in [1.165, 1.54) is 0 Å². The van der Waals surface area contributed by atoms with Crippen LogP contribution in [0.15, 0.2) is 24.3 Å². The summed E-state index contributed by atoms with van der Waals surface area (Å²) >= 11 is 0. The number of benzene rings is 1. The average Bonchev–Trinajstić information content (AvgIpc) is 2.60. The van der Waals surface area contributed by atoms with E-state index in [-0.39, 0.29) is 17.2 Å². The van der Waals surface area contributed by atoms with Crippen LogP contribution in [0.4, 0.5) is 11.4 Å². The third-order valence-corrected chi connectivity index (χ3v) is 7.02. The number of nitrogens with one attached hydrogen (secondary N) is 2. The Bertz CT molecular complexity index is 693. The standard InChI is InChI=1S/C19H31N3O3S/c1-14(2)26(24,25)21-18-7-5-16(6-8-18)13-20-17-9-11-19(12-10-17)22(4)15(3)23/h9-12,14,16,18,20-21H,5-8,13H2,1-4H3. The maximum absolute atomic E-state index is 12.0. The molecule has 0 heterocycles. The van der Waals surface area contributed by atoms with Gasteiger partial charge >= 0.3 is 0 Å². The fraction of sp³-hybridized carbons (Fsp3) is 0.632. The minimum absolute atomic E-state index is 0.00978. The molecule has 0 aliphatic heterocycles. The predicted molar refractivity (Wildman–Crippen MR) is 107 cm³/mol. The van der Waals surface area contributed by atoms with Gasteiger partial charge in [-0.15, -0.1) is 0 Å². The Kier molecular flexibility index (Phi) is 7.06. The van der Waals surface area contributed by atoms with Crippen LogP contribution in [0.3, 0.4) is 0 Å². The third kappa shape index (κ3) is 5.71. The number of anilines is 2. The molecule has 2 N–H and O–H groups in total. The number of carbonyl (C=O) groups is 1. The van der Waals surface area contributed by atoms with Crippen LogP contribution < -0.4 is 14.9 Å². The lowest BCUT2D eigenvalue weighted by Crippen LogP contribution is -2.41. The van der Waals surface area contributed by atoms with E-state index in [9.17, 15) is 13.2 Å². The summed E-state index contributed by atoms with van der Waals surface area (Å²) in [4.78, 5) is 13.0. The lowest BCUT2D eigenvalue weighted by atomic mass is 9.86. The summed E-state index contributed by atoms with van der Waals surface area (Å²) < 4.78 is 26.8. The molecule has 1 aromatic carbocycles. The number of hydrogen-bond donors (Lipinski definition) is 2. The van der Waals surface area contributed by atoms with E-state index in [0.29, 0.717) is 5.92 Å². The van der Waals surface area contributed by atoms with E-state index in [2.05, 4.69) is 10.0 Å². The largest absolute Gasteiger partial charge is 0.385 e. The fourth-order valence-electron chi connectivity index (χ4n) is 3.10. The molecule has 0 aromatic heterocycles. The molecule has 0 spiro atoms. The summed E-state index contributed by atoms with van der Waals surface area (Å²) in [6.45, 7) is 5.84. The highest BCUT2D eigenvalue weighted by Gasteiger charge is 2.26. The minimum atomic E-state index is -3.18. The molecule has 2 rings (SSSR count). The number of amides is 1. The second-order valence-electron chi connectivity index (χ2n) is 7.44. The van der Waals surface area contributed by atoms with Crippen molar-refractivity contribution in [1.82, 2.24) is 4.72 Å². The van der Waals surface area contributed by atoms with Crippen molar-refractivity contribution in [3.05, 3.63) is 24.3 Å². The summed E-state index contributed by atoms with van der Waals surface area (Å²) in [5.41, 5.74) is 1.91. The molecule has 1 aliphatic rings. The van der Waals surface area contributed by atoms with E-state index in [0.717, 1.165) is 43.6 Å². The molecule has 0 bridgehead atoms. The molecule has 146 valence electrons. The third-order valence-electron chi connectivity index (χ3n) is 5.12. The Balaban J connectivity index is 1.77. The van der Waals surface area contributed by atoms with E-state index >= 15 is 0 Å². The van der Waals surface area contributed by atoms with Gasteiger partial charge in [0.25, 0.3) is 0 Å². The minimum Gasteiger partial charge on any atom is -0.385 e. The molecule has 0 saturated heterocycles. The molecule has 6 nitrogen and oxygen atoms in total. The van der Waals surface area contributed by atoms with Crippen molar-refractivity contribution in [3.63, 3.8) is 0 Å². The van der Waals surface area contributed by atoms with Crippen LogP contribution >= 0.6 is 0 Å². The smallest absolute Gasteiger partial charge is 0.223 e. The highest BCUT2D eigenvalue weighted by atomic mass is 32.2. The van der Waals surface area contributed by atoms with Gasteiger partial charge in [0, 0.05) is 37.9 Å². The quantitative estimate of drug-likeness (QED) is 0.761. The van der Waals surface area contributed by atoms with Gasteiger partial charge in [-0.1, -0.05) is 0 Å². The van der Waals surface area contributed by atoms with Crippen LogP contribution in [-0.2, 0) is 14.8 Å². The topological polar surface area (TPSA) is 78.5 Å². The van der Waals surface area contributed by atoms with E-state index in [1.807, 2.05) is 24.3 Å². The van der Waals surface area contributed by atoms with Crippen LogP contribution in [0.5, 0.6) is 0 Å². The first-order valence-corrected chi connectivity index (χ1v) is 10.8. The normalized spacial score (nSPS) is 20.8. The van der Waals surface area contributed by atoms with Gasteiger partial charge in [0.05, 0.1) is 5.25 Å². The van der Waals surface area contributed by atoms with Crippen LogP contribution in [0.1, 0.15) is 46.5 Å². The second kappa shape index (κ2) is 8.86. The maximum atomic E-state index is 12.0. The Labute approximate surface area is 157 Å². The highest BCUT2D eigenvalue weighted by Crippen LogP contribution is 2.26. The van der Waals surface area contributed by atoms with E-state index in [1.54, 1.807) is 32.7 Å². The number of sulfonamides is 1. The van der Waals surface area contributed by atoms with Gasteiger partial charge in [-0.25, -0.2) is 13.1 Å². The number of nitrogens with zero attached hydrogens (tertiary/aromatic N) is 1. The van der Waals surface area contributed by atoms with Crippen molar-refractivity contribution in [1.29, 1.82) is 0 Å². The summed E-state index contributed by atoms with van der Waals surface area (Å²) in [6.07, 6.45) is 3.81. The number of hydrogen-bond acceptors (Lipinski definition) is 4. The molecule has 0 unspecified atom stereocenters. The van der Waals surface area contributed by atoms with Crippen LogP contribution in [-0.4, -0.2) is 39.2 Å². The maximum Gasteiger partial charge on any atom is 0.223 e. The van der Waals surface area contributed by atoms with Gasteiger partial charge in [-0.05, 0) is 69.7 Å². The van der Waals surface area contributed by atoms with Crippen LogP contribution in [0, 0.1) is 5.92 Å². The first-order valence-electron chi connectivity index (χ1n) is 9.28. The zero-order valence-electron chi connectivity index (χ0n) is 16.2. The average molecular weight is 382 g/mol. The Morgan fingerprint density at radius 2 is 1.73 bits per heavy atom. The van der Waals surface area contributed by atoms with Crippen molar-refractivity contribution in [2.24, 2.45) is 5.92 Å². The monoisotopic (exact) mass is 381 g/mol. The second-order valence-corrected chi connectivity index (χ2v) is 9.70. The molecule has 0 radical (unpaired) electrons. The molecular formula is C19H31N3O3S. The van der Waals surface area contributed by atoms with Crippen molar-refractivity contribution < 1.29 is 13.2 Å². The van der Waals surface area contributed by atoms with Crippen molar-refractivity contribution in [3.8, 4) is 0 Å². The number of rotatable bonds is 7. The van der Waals surface area contributed by atoms with Crippen molar-refractivity contribution in [2.45, 2.75) is 57.7 Å². The van der Waals surface area contributed by atoms with Crippen molar-refractivity contribution >= 4 is 27.3 Å². The SMILES string of the molecule is CC(=O)N(C)c1ccc(NCC2CCC(NS(=O)(=O)C(C)C)CC2)cc1. The zero-order chi connectivity index (χ0) is 19.3. The summed E-state index contributed by atoms with van der Waals surface area (Å²) in [6, 6.07) is 7.90. The summed E-state index contributed by atoms with van der Waals surface area (Å²) in [7, 11) is -1.42.